The zero-order valence-corrected chi connectivity index (χ0v) is 16.1. The average molecular weight is 373 g/mol. The highest BCUT2D eigenvalue weighted by molar-refractivity contribution is 6.30. The monoisotopic (exact) mass is 372 g/mol. The van der Waals surface area contributed by atoms with Crippen LogP contribution in [0.2, 0.25) is 5.02 Å². The van der Waals surface area contributed by atoms with Gasteiger partial charge in [0.15, 0.2) is 0 Å². The Morgan fingerprint density at radius 2 is 1.62 bits per heavy atom. The number of carbonyl (C=O) groups excluding carboxylic acids is 1. The van der Waals surface area contributed by atoms with Gasteiger partial charge in [-0.25, -0.2) is 5.43 Å². The van der Waals surface area contributed by atoms with Crippen molar-refractivity contribution in [2.75, 3.05) is 0 Å². The van der Waals surface area contributed by atoms with Gasteiger partial charge in [-0.05, 0) is 54.8 Å². The molecule has 0 saturated heterocycles. The van der Waals surface area contributed by atoms with E-state index in [9.17, 15) is 4.79 Å². The molecule has 0 unspecified atom stereocenters. The van der Waals surface area contributed by atoms with E-state index in [-0.39, 0.29) is 5.91 Å². The molecule has 1 N–H and O–H groups in total. The largest absolute Gasteiger partial charge is 0.489 e. The van der Waals surface area contributed by atoms with Crippen LogP contribution in [-0.2, 0) is 6.61 Å². The van der Waals surface area contributed by atoms with E-state index >= 15 is 0 Å². The molecule has 0 fully saturated rings. The second-order valence-electron chi connectivity index (χ2n) is 6.06. The molecule has 2 aromatic rings. The molecule has 4 nitrogen and oxygen atoms in total. The molecule has 0 radical (unpaired) electrons. The van der Waals surface area contributed by atoms with Crippen molar-refractivity contribution in [1.29, 1.82) is 0 Å². The maximum atomic E-state index is 12.2. The van der Waals surface area contributed by atoms with Crippen molar-refractivity contribution in [3.05, 3.63) is 64.7 Å². The first-order valence-electron chi connectivity index (χ1n) is 8.95. The Morgan fingerprint density at radius 3 is 2.19 bits per heavy atom. The van der Waals surface area contributed by atoms with Gasteiger partial charge in [-0.2, -0.15) is 5.10 Å². The number of ether oxygens (including phenoxy) is 1. The number of halogens is 1. The van der Waals surface area contributed by atoms with Gasteiger partial charge in [0.1, 0.15) is 12.4 Å². The fourth-order valence-electron chi connectivity index (χ4n) is 2.46. The van der Waals surface area contributed by atoms with Gasteiger partial charge in [0, 0.05) is 16.3 Å². The molecule has 26 heavy (non-hydrogen) atoms. The molecule has 138 valence electrons. The summed E-state index contributed by atoms with van der Waals surface area (Å²) in [4.78, 5) is 12.2. The molecule has 2 aromatic carbocycles. The molecule has 0 aliphatic heterocycles. The zero-order valence-electron chi connectivity index (χ0n) is 15.3. The van der Waals surface area contributed by atoms with Gasteiger partial charge in [0.05, 0.1) is 0 Å². The Bertz CT molecular complexity index is 717. The summed E-state index contributed by atoms with van der Waals surface area (Å²) < 4.78 is 5.70. The molecule has 0 aliphatic rings. The number of nitrogens with one attached hydrogen (secondary N) is 1. The molecule has 1 amide bonds. The van der Waals surface area contributed by atoms with Crippen molar-refractivity contribution in [2.24, 2.45) is 5.10 Å². The summed E-state index contributed by atoms with van der Waals surface area (Å²) >= 11 is 5.85. The normalized spacial score (nSPS) is 10.3. The fraction of sp³-hybridized carbons (Fsp3) is 0.333. The third kappa shape index (κ3) is 6.52. The molecule has 0 aliphatic carbocycles. The number of benzene rings is 2. The second kappa shape index (κ2) is 10.6. The van der Waals surface area contributed by atoms with Crippen LogP contribution in [0.25, 0.3) is 0 Å². The second-order valence-corrected chi connectivity index (χ2v) is 6.49. The molecule has 0 spiro atoms. The summed E-state index contributed by atoms with van der Waals surface area (Å²) in [6.07, 6.45) is 3.87. The van der Waals surface area contributed by atoms with Crippen LogP contribution in [0.5, 0.6) is 5.75 Å². The van der Waals surface area contributed by atoms with Crippen LogP contribution in [0.4, 0.5) is 0 Å². The first-order valence-corrected chi connectivity index (χ1v) is 9.33. The minimum Gasteiger partial charge on any atom is -0.489 e. The quantitative estimate of drug-likeness (QED) is 0.459. The molecule has 0 bridgehead atoms. The van der Waals surface area contributed by atoms with Crippen LogP contribution in [0.15, 0.2) is 53.6 Å². The average Bonchev–Trinajstić information content (AvgIpc) is 2.66. The van der Waals surface area contributed by atoms with E-state index in [1.165, 1.54) is 0 Å². The Kier molecular flexibility index (Phi) is 8.16. The molecule has 0 saturated carbocycles. The smallest absolute Gasteiger partial charge is 0.271 e. The van der Waals surface area contributed by atoms with E-state index in [0.717, 1.165) is 42.7 Å². The van der Waals surface area contributed by atoms with Crippen LogP contribution in [0, 0.1) is 0 Å². The number of hydrogen-bond acceptors (Lipinski definition) is 3. The van der Waals surface area contributed by atoms with Crippen molar-refractivity contribution in [3.63, 3.8) is 0 Å². The van der Waals surface area contributed by atoms with Crippen molar-refractivity contribution >= 4 is 23.2 Å². The number of amides is 1. The molecule has 2 rings (SSSR count). The number of nitrogens with zero attached hydrogens (tertiary/aromatic N) is 1. The van der Waals surface area contributed by atoms with Gasteiger partial charge in [0.2, 0.25) is 0 Å². The SMILES string of the molecule is CCCC(CCC)=NNC(=O)c1ccc(COc2ccc(Cl)cc2)cc1. The zero-order chi connectivity index (χ0) is 18.8. The Balaban J connectivity index is 1.90. The lowest BCUT2D eigenvalue weighted by molar-refractivity contribution is 0.0954. The third-order valence-electron chi connectivity index (χ3n) is 3.83. The van der Waals surface area contributed by atoms with Crippen molar-refractivity contribution in [2.45, 2.75) is 46.1 Å². The number of carbonyl (C=O) groups is 1. The fourth-order valence-corrected chi connectivity index (χ4v) is 2.58. The van der Waals surface area contributed by atoms with Crippen molar-refractivity contribution in [1.82, 2.24) is 5.43 Å². The van der Waals surface area contributed by atoms with Crippen LogP contribution >= 0.6 is 11.6 Å². The molecular weight excluding hydrogens is 348 g/mol. The van der Waals surface area contributed by atoms with E-state index in [2.05, 4.69) is 24.4 Å². The van der Waals surface area contributed by atoms with Gasteiger partial charge in [0.25, 0.3) is 5.91 Å². The predicted octanol–water partition coefficient (Wildman–Crippen LogP) is 5.61. The maximum absolute atomic E-state index is 12.2. The molecule has 0 atom stereocenters. The molecule has 5 heteroatoms. The summed E-state index contributed by atoms with van der Waals surface area (Å²) in [7, 11) is 0. The van der Waals surface area contributed by atoms with Gasteiger partial charge in [-0.3, -0.25) is 4.79 Å². The van der Waals surface area contributed by atoms with Crippen LogP contribution in [-0.4, -0.2) is 11.6 Å². The van der Waals surface area contributed by atoms with Crippen molar-refractivity contribution in [3.8, 4) is 5.75 Å². The van der Waals surface area contributed by atoms with Crippen LogP contribution < -0.4 is 10.2 Å². The van der Waals surface area contributed by atoms with E-state index in [1.807, 2.05) is 24.3 Å². The summed E-state index contributed by atoms with van der Waals surface area (Å²) in [6, 6.07) is 14.6. The minimum absolute atomic E-state index is 0.195. The summed E-state index contributed by atoms with van der Waals surface area (Å²) in [5.41, 5.74) is 5.26. The highest BCUT2D eigenvalue weighted by Crippen LogP contribution is 2.17. The van der Waals surface area contributed by atoms with Crippen LogP contribution in [0.3, 0.4) is 0 Å². The molecule has 0 heterocycles. The van der Waals surface area contributed by atoms with Crippen LogP contribution in [0.1, 0.15) is 55.5 Å². The van der Waals surface area contributed by atoms with Gasteiger partial charge >= 0.3 is 0 Å². The Hall–Kier alpha value is -2.33. The van der Waals surface area contributed by atoms with E-state index < -0.39 is 0 Å². The van der Waals surface area contributed by atoms with Gasteiger partial charge < -0.3 is 4.74 Å². The lowest BCUT2D eigenvalue weighted by Gasteiger charge is -2.08. The van der Waals surface area contributed by atoms with Gasteiger partial charge in [-0.1, -0.05) is 50.4 Å². The first-order chi connectivity index (χ1) is 12.6. The van der Waals surface area contributed by atoms with Gasteiger partial charge in [-0.15, -0.1) is 0 Å². The third-order valence-corrected chi connectivity index (χ3v) is 4.08. The highest BCUT2D eigenvalue weighted by atomic mass is 35.5. The predicted molar refractivity (Wildman–Crippen MR) is 107 cm³/mol. The van der Waals surface area contributed by atoms with Crippen molar-refractivity contribution < 1.29 is 9.53 Å². The van der Waals surface area contributed by atoms with E-state index in [0.29, 0.717) is 17.2 Å². The minimum atomic E-state index is -0.195. The molecular formula is C21H25ClN2O2. The summed E-state index contributed by atoms with van der Waals surface area (Å²) in [6.45, 7) is 4.65. The summed E-state index contributed by atoms with van der Waals surface area (Å²) in [5, 5.41) is 4.94. The number of hydrogen-bond donors (Lipinski definition) is 1. The Morgan fingerprint density at radius 1 is 1.00 bits per heavy atom. The maximum Gasteiger partial charge on any atom is 0.271 e. The highest BCUT2D eigenvalue weighted by Gasteiger charge is 2.06. The summed E-state index contributed by atoms with van der Waals surface area (Å²) in [5.74, 6) is 0.560. The first kappa shape index (κ1) is 20.0. The molecule has 0 aromatic heterocycles. The van der Waals surface area contributed by atoms with E-state index in [1.54, 1.807) is 24.3 Å². The lowest BCUT2D eigenvalue weighted by atomic mass is 10.1. The van der Waals surface area contributed by atoms with E-state index in [4.69, 9.17) is 16.3 Å². The number of rotatable bonds is 9. The number of hydrazone groups is 1. The Labute approximate surface area is 160 Å². The standard InChI is InChI=1S/C21H25ClN2O2/c1-3-5-19(6-4-2)23-24-21(25)17-9-7-16(8-10-17)15-26-20-13-11-18(22)12-14-20/h7-14H,3-6,15H2,1-2H3,(H,24,25). The topological polar surface area (TPSA) is 50.7 Å². The lowest BCUT2D eigenvalue weighted by Crippen LogP contribution is -2.19.